The minimum atomic E-state index is -0.299. The summed E-state index contributed by atoms with van der Waals surface area (Å²) in [5, 5.41) is 13.4. The van der Waals surface area contributed by atoms with Crippen molar-refractivity contribution in [3.8, 4) is 34.3 Å². The quantitative estimate of drug-likeness (QED) is 0.762. The Morgan fingerprint density at radius 2 is 1.75 bits per heavy atom. The molecule has 0 fully saturated rings. The molecule has 1 aliphatic heterocycles. The van der Waals surface area contributed by atoms with Gasteiger partial charge >= 0.3 is 0 Å². The van der Waals surface area contributed by atoms with Gasteiger partial charge in [0, 0.05) is 16.7 Å². The molecular formula is C19H16N2O3. The number of ether oxygens (including phenoxy) is 1. The van der Waals surface area contributed by atoms with Gasteiger partial charge in [-0.3, -0.25) is 0 Å². The van der Waals surface area contributed by atoms with E-state index in [1.54, 1.807) is 24.3 Å². The summed E-state index contributed by atoms with van der Waals surface area (Å²) in [6.07, 6.45) is 4.07. The van der Waals surface area contributed by atoms with Crippen LogP contribution in [0.1, 0.15) is 19.4 Å². The first-order valence-electron chi connectivity index (χ1n) is 7.66. The second-order valence-electron chi connectivity index (χ2n) is 6.26. The van der Waals surface area contributed by atoms with Crippen LogP contribution in [-0.2, 0) is 0 Å². The molecular weight excluding hydrogens is 304 g/mol. The van der Waals surface area contributed by atoms with Crippen LogP contribution in [0.25, 0.3) is 28.9 Å². The molecule has 5 heteroatoms. The van der Waals surface area contributed by atoms with Gasteiger partial charge in [-0.1, -0.05) is 11.2 Å². The average Bonchev–Trinajstić information content (AvgIpc) is 3.04. The van der Waals surface area contributed by atoms with E-state index < -0.39 is 0 Å². The highest BCUT2D eigenvalue weighted by atomic mass is 16.5. The van der Waals surface area contributed by atoms with Gasteiger partial charge in [0.1, 0.15) is 17.1 Å². The monoisotopic (exact) mass is 320 g/mol. The molecule has 4 rings (SSSR count). The Hall–Kier alpha value is -3.08. The Bertz CT molecular complexity index is 924. The minimum Gasteiger partial charge on any atom is -0.508 e. The van der Waals surface area contributed by atoms with Crippen LogP contribution < -0.4 is 4.74 Å². The molecule has 0 saturated carbocycles. The van der Waals surface area contributed by atoms with Crippen molar-refractivity contribution in [1.82, 2.24) is 10.1 Å². The largest absolute Gasteiger partial charge is 0.508 e. The second kappa shape index (κ2) is 5.23. The summed E-state index contributed by atoms with van der Waals surface area (Å²) in [6, 6.07) is 12.5. The van der Waals surface area contributed by atoms with Gasteiger partial charge in [-0.15, -0.1) is 0 Å². The van der Waals surface area contributed by atoms with Gasteiger partial charge < -0.3 is 14.4 Å². The number of aromatic nitrogens is 2. The van der Waals surface area contributed by atoms with Gasteiger partial charge in [-0.2, -0.15) is 4.98 Å². The van der Waals surface area contributed by atoms with E-state index in [-0.39, 0.29) is 11.4 Å². The van der Waals surface area contributed by atoms with Crippen LogP contribution in [0.2, 0.25) is 0 Å². The third-order valence-electron chi connectivity index (χ3n) is 3.85. The van der Waals surface area contributed by atoms with Crippen LogP contribution in [0.15, 0.2) is 53.1 Å². The number of rotatable bonds is 2. The summed E-state index contributed by atoms with van der Waals surface area (Å²) < 4.78 is 11.3. The summed E-state index contributed by atoms with van der Waals surface area (Å²) in [5.41, 5.74) is 2.31. The van der Waals surface area contributed by atoms with E-state index in [0.29, 0.717) is 11.7 Å². The van der Waals surface area contributed by atoms with Crippen molar-refractivity contribution in [2.45, 2.75) is 19.4 Å². The van der Waals surface area contributed by atoms with Crippen molar-refractivity contribution >= 4 is 6.08 Å². The highest BCUT2D eigenvalue weighted by Gasteiger charge is 2.22. The average molecular weight is 320 g/mol. The molecule has 1 aliphatic rings. The molecule has 5 nitrogen and oxygen atoms in total. The van der Waals surface area contributed by atoms with E-state index in [1.807, 2.05) is 44.2 Å². The Balaban J connectivity index is 1.67. The maximum Gasteiger partial charge on any atom is 0.258 e. The SMILES string of the molecule is CC1(C)C=Cc2cc(-c3noc(-c4ccc(O)cc4)n3)ccc2O1. The van der Waals surface area contributed by atoms with Crippen LogP contribution in [-0.4, -0.2) is 20.8 Å². The van der Waals surface area contributed by atoms with Crippen LogP contribution in [0.5, 0.6) is 11.5 Å². The molecule has 1 N–H and O–H groups in total. The molecule has 0 atom stereocenters. The van der Waals surface area contributed by atoms with Crippen LogP contribution in [0.3, 0.4) is 0 Å². The molecule has 120 valence electrons. The highest BCUT2D eigenvalue weighted by molar-refractivity contribution is 5.69. The third kappa shape index (κ3) is 2.65. The zero-order valence-electron chi connectivity index (χ0n) is 13.4. The standard InChI is InChI=1S/C19H16N2O3/c1-19(2)10-9-13-11-14(5-8-16(13)23-19)17-20-18(24-21-17)12-3-6-15(22)7-4-12/h3-11,22H,1-2H3. The fourth-order valence-corrected chi connectivity index (χ4v) is 2.58. The van der Waals surface area contributed by atoms with Gasteiger partial charge in [-0.25, -0.2) is 0 Å². The summed E-state index contributed by atoms with van der Waals surface area (Å²) in [5.74, 6) is 1.96. The highest BCUT2D eigenvalue weighted by Crippen LogP contribution is 2.33. The van der Waals surface area contributed by atoms with Crippen molar-refractivity contribution < 1.29 is 14.4 Å². The van der Waals surface area contributed by atoms with Gasteiger partial charge in [0.15, 0.2) is 0 Å². The lowest BCUT2D eigenvalue weighted by Gasteiger charge is -2.27. The Kier molecular flexibility index (Phi) is 3.16. The molecule has 1 aromatic heterocycles. The molecule has 0 spiro atoms. The number of benzene rings is 2. The lowest BCUT2D eigenvalue weighted by atomic mass is 10.0. The number of nitrogens with zero attached hydrogens (tertiary/aromatic N) is 2. The Morgan fingerprint density at radius 3 is 2.54 bits per heavy atom. The van der Waals surface area contributed by atoms with Crippen molar-refractivity contribution in [2.24, 2.45) is 0 Å². The topological polar surface area (TPSA) is 68.4 Å². The van der Waals surface area contributed by atoms with E-state index in [4.69, 9.17) is 9.26 Å². The molecule has 24 heavy (non-hydrogen) atoms. The number of hydrogen-bond acceptors (Lipinski definition) is 5. The normalized spacial score (nSPS) is 14.9. The zero-order chi connectivity index (χ0) is 16.7. The van der Waals surface area contributed by atoms with Crippen molar-refractivity contribution in [3.05, 3.63) is 54.1 Å². The van der Waals surface area contributed by atoms with E-state index in [9.17, 15) is 5.11 Å². The minimum absolute atomic E-state index is 0.197. The molecule has 2 heterocycles. The summed E-state index contributed by atoms with van der Waals surface area (Å²) in [4.78, 5) is 4.43. The number of phenolic OH excluding ortho intramolecular Hbond substituents is 1. The second-order valence-corrected chi connectivity index (χ2v) is 6.26. The molecule has 0 aliphatic carbocycles. The first-order valence-corrected chi connectivity index (χ1v) is 7.66. The molecule has 0 unspecified atom stereocenters. The molecule has 2 aromatic carbocycles. The fraction of sp³-hybridized carbons (Fsp3) is 0.158. The summed E-state index contributed by atoms with van der Waals surface area (Å²) in [6.45, 7) is 4.03. The maximum absolute atomic E-state index is 9.35. The lowest BCUT2D eigenvalue weighted by Crippen LogP contribution is -2.27. The smallest absolute Gasteiger partial charge is 0.258 e. The molecule has 0 radical (unpaired) electrons. The molecule has 0 saturated heterocycles. The van der Waals surface area contributed by atoms with Crippen LogP contribution in [0.4, 0.5) is 0 Å². The predicted molar refractivity (Wildman–Crippen MR) is 90.6 cm³/mol. The zero-order valence-corrected chi connectivity index (χ0v) is 13.4. The fourth-order valence-electron chi connectivity index (χ4n) is 2.58. The summed E-state index contributed by atoms with van der Waals surface area (Å²) >= 11 is 0. The first-order chi connectivity index (χ1) is 11.5. The van der Waals surface area contributed by atoms with Gasteiger partial charge in [-0.05, 0) is 62.4 Å². The number of fused-ring (bicyclic) bond motifs is 1. The van der Waals surface area contributed by atoms with Crippen molar-refractivity contribution in [1.29, 1.82) is 0 Å². The summed E-state index contributed by atoms with van der Waals surface area (Å²) in [7, 11) is 0. The van der Waals surface area contributed by atoms with Crippen molar-refractivity contribution in [3.63, 3.8) is 0 Å². The molecule has 3 aromatic rings. The van der Waals surface area contributed by atoms with Crippen LogP contribution >= 0.6 is 0 Å². The van der Waals surface area contributed by atoms with Gasteiger partial charge in [0.25, 0.3) is 5.89 Å². The van der Waals surface area contributed by atoms with E-state index in [2.05, 4.69) is 10.1 Å². The van der Waals surface area contributed by atoms with E-state index >= 15 is 0 Å². The van der Waals surface area contributed by atoms with E-state index in [1.165, 1.54) is 0 Å². The maximum atomic E-state index is 9.35. The number of aromatic hydroxyl groups is 1. The number of hydrogen-bond donors (Lipinski definition) is 1. The van der Waals surface area contributed by atoms with Gasteiger partial charge in [0.05, 0.1) is 0 Å². The third-order valence-corrected chi connectivity index (χ3v) is 3.85. The lowest BCUT2D eigenvalue weighted by molar-refractivity contribution is 0.159. The predicted octanol–water partition coefficient (Wildman–Crippen LogP) is 4.29. The molecule has 0 bridgehead atoms. The Labute approximate surface area is 139 Å². The van der Waals surface area contributed by atoms with E-state index in [0.717, 1.165) is 22.4 Å². The van der Waals surface area contributed by atoms with Gasteiger partial charge in [0.2, 0.25) is 5.82 Å². The van der Waals surface area contributed by atoms with Crippen LogP contribution in [0, 0.1) is 0 Å². The number of phenols is 1. The first kappa shape index (κ1) is 14.5. The Morgan fingerprint density at radius 1 is 1.00 bits per heavy atom. The molecule has 0 amide bonds. The van der Waals surface area contributed by atoms with Crippen molar-refractivity contribution in [2.75, 3.05) is 0 Å².